The average Bonchev–Trinajstić information content (AvgIpc) is 1.40. The molecule has 0 saturated heterocycles. The zero-order valence-electron chi connectivity index (χ0n) is 68.2. The third-order valence-electron chi connectivity index (χ3n) is 18.3. The number of aromatic amines is 1. The fourth-order valence-electron chi connectivity index (χ4n) is 11.4. The number of primary amides is 1. The summed E-state index contributed by atoms with van der Waals surface area (Å²) in [6.45, 7) is 3.91. The number of amides is 15. The second kappa shape index (κ2) is 56.3. The van der Waals surface area contributed by atoms with Crippen LogP contribution in [0.2, 0.25) is 0 Å². The van der Waals surface area contributed by atoms with Crippen LogP contribution in [0.1, 0.15) is 142 Å². The Bertz CT molecular complexity index is 3870. The predicted octanol–water partition coefficient (Wildman–Crippen LogP) is -9.43. The standard InChI is InChI=1S/C73H117N23O25S/c1-36(83-59(107)37(2)85-71(119)57(39(4)98)96-67(115)47(21-24-55(102)103)87-61(109)42(76)16-9-11-26-74)58(106)84-38(3)60(108)86-43(17-10-12-27-75)63(111)92-49(30-40-14-7-6-8-15-40)68(116)90-46(20-23-54(100)101)64(112)88-44(18-13-28-81-73(78)79)62(110)89-45(19-22-53(77)99)65(113)93-50(31-41-33-80-35-82-41)69(117)91-48(25-29-122-5)66(114)94-51(32-56(104)105)70(118)95-52(34-97)72(120)121/h6-8,14-15,33,35-39,42-52,57,97-98H,9-13,16-32,34,74-76H2,1-5H3,(H2,77,99)(H,80,82)(H,83,107)(H,84,106)(H,85,119)(H,86,108)(H,87,109)(H,88,112)(H,89,110)(H,90,116)(H,91,117)(H,92,111)(H,93,113)(H,94,114)(H,95,118)(H,96,115)(H,100,101)(H,102,103)(H,104,105)(H,120,121)(H4,78,79,81)/t36-,37-,38-,39?,42-,43-,44-,45-,46-,47-,48-,49-,50-,51-,52-,57-/m0/s1. The summed E-state index contributed by atoms with van der Waals surface area (Å²) in [5, 5.41) is 102. The van der Waals surface area contributed by atoms with Crippen molar-refractivity contribution in [1.29, 1.82) is 5.41 Å². The van der Waals surface area contributed by atoms with Gasteiger partial charge in [0.15, 0.2) is 5.96 Å². The van der Waals surface area contributed by atoms with Gasteiger partial charge in [-0.1, -0.05) is 36.8 Å². The predicted molar refractivity (Wildman–Crippen MR) is 433 cm³/mol. The summed E-state index contributed by atoms with van der Waals surface area (Å²) in [5.74, 6) is -22.8. The molecule has 48 nitrogen and oxygen atoms in total. The number of aliphatic carboxylic acids is 4. The molecular formula is C73H117N23O25S. The molecule has 49 heteroatoms. The summed E-state index contributed by atoms with van der Waals surface area (Å²) in [4.78, 5) is 262. The van der Waals surface area contributed by atoms with Crippen LogP contribution in [0.15, 0.2) is 42.9 Å². The van der Waals surface area contributed by atoms with Gasteiger partial charge in [0.2, 0.25) is 88.6 Å². The molecule has 1 aromatic carbocycles. The fraction of sp³-hybridized carbons (Fsp3) is 0.603. The third-order valence-corrected chi connectivity index (χ3v) is 18.9. The Morgan fingerprint density at radius 1 is 0.443 bits per heavy atom. The van der Waals surface area contributed by atoms with Gasteiger partial charge in [-0.25, -0.2) is 9.78 Å². The van der Waals surface area contributed by atoms with Gasteiger partial charge in [0, 0.05) is 50.5 Å². The number of aliphatic hydroxyl groups excluding tert-OH is 2. The molecule has 0 saturated carbocycles. The normalized spacial score (nSPS) is 14.9. The highest BCUT2D eigenvalue weighted by Crippen LogP contribution is 2.14. The first-order valence-electron chi connectivity index (χ1n) is 39.0. The van der Waals surface area contributed by atoms with Crippen molar-refractivity contribution >= 4 is 130 Å². The number of carbonyl (C=O) groups excluding carboxylic acids is 15. The van der Waals surface area contributed by atoms with Crippen LogP contribution in [-0.2, 0) is 104 Å². The van der Waals surface area contributed by atoms with Gasteiger partial charge in [0.25, 0.3) is 0 Å². The minimum atomic E-state index is -1.97. The van der Waals surface area contributed by atoms with Crippen molar-refractivity contribution in [3.05, 3.63) is 54.1 Å². The first-order chi connectivity index (χ1) is 57.5. The number of benzene rings is 1. The van der Waals surface area contributed by atoms with Gasteiger partial charge in [0.1, 0.15) is 84.6 Å². The van der Waals surface area contributed by atoms with E-state index in [1.807, 2.05) is 5.32 Å². The summed E-state index contributed by atoms with van der Waals surface area (Å²) in [6.07, 6.45) is -2.37. The van der Waals surface area contributed by atoms with Crippen LogP contribution < -0.4 is 108 Å². The van der Waals surface area contributed by atoms with Gasteiger partial charge in [-0.3, -0.25) is 91.7 Å². The van der Waals surface area contributed by atoms with E-state index in [9.17, 15) is 122 Å². The molecular weight excluding hydrogens is 1630 g/mol. The van der Waals surface area contributed by atoms with Crippen molar-refractivity contribution in [3.8, 4) is 0 Å². The largest absolute Gasteiger partial charge is 0.481 e. The molecule has 0 aliphatic rings. The maximum atomic E-state index is 14.8. The van der Waals surface area contributed by atoms with E-state index in [0.29, 0.717) is 31.4 Å². The van der Waals surface area contributed by atoms with E-state index in [1.165, 1.54) is 45.1 Å². The quantitative estimate of drug-likeness (QED) is 0.0166. The summed E-state index contributed by atoms with van der Waals surface area (Å²) in [5.41, 5.74) is 28.9. The van der Waals surface area contributed by atoms with Gasteiger partial charge >= 0.3 is 23.9 Å². The highest BCUT2D eigenvalue weighted by atomic mass is 32.2. The van der Waals surface area contributed by atoms with Gasteiger partial charge in [-0.2, -0.15) is 11.8 Å². The Kier molecular flexibility index (Phi) is 48.9. The van der Waals surface area contributed by atoms with Crippen LogP contribution in [0.5, 0.6) is 0 Å². The SMILES string of the molecule is CSCC[C@H](NC(=O)[C@H](Cc1cnc[nH]1)NC(=O)[C@H](CCC(N)=O)NC(=O)[C@H](CCCNC(=N)N)NC(=O)[C@H](CCC(=O)O)NC(=O)[C@H](Cc1ccccc1)NC(=O)[C@H](CCCCN)NC(=O)[C@H](C)NC(=O)[C@H](C)NC(=O)[C@H](C)NC(=O)[C@@H](NC(=O)[C@H](CCC(=O)O)NC(=O)[C@@H](N)CCCCN)C(C)O)C(=O)N[C@@H](CC(=O)O)C(=O)N[C@@H](CO)C(=O)O. The molecule has 0 radical (unpaired) electrons. The molecule has 0 bridgehead atoms. The van der Waals surface area contributed by atoms with E-state index in [-0.39, 0.29) is 69.5 Å². The third kappa shape index (κ3) is 41.2. The number of nitrogens with two attached hydrogens (primary N) is 5. The lowest BCUT2D eigenvalue weighted by atomic mass is 10.0. The summed E-state index contributed by atoms with van der Waals surface area (Å²) >= 11 is 1.19. The smallest absolute Gasteiger partial charge is 0.328 e. The number of nitrogens with one attached hydrogen (secondary N) is 17. The molecule has 0 spiro atoms. The number of carboxylic acids is 4. The molecule has 122 heavy (non-hydrogen) atoms. The second-order valence-corrected chi connectivity index (χ2v) is 29.4. The molecule has 680 valence electrons. The maximum absolute atomic E-state index is 14.8. The van der Waals surface area contributed by atoms with Crippen molar-refractivity contribution in [3.63, 3.8) is 0 Å². The molecule has 1 unspecified atom stereocenters. The van der Waals surface area contributed by atoms with E-state index in [2.05, 4.69) is 84.4 Å². The van der Waals surface area contributed by atoms with Crippen LogP contribution in [0.3, 0.4) is 0 Å². The number of unbranched alkanes of at least 4 members (excludes halogenated alkanes) is 2. The molecule has 1 aromatic heterocycles. The van der Waals surface area contributed by atoms with E-state index in [0.717, 1.165) is 6.92 Å². The molecule has 1 heterocycles. The van der Waals surface area contributed by atoms with Crippen LogP contribution in [0.4, 0.5) is 0 Å². The molecule has 0 aliphatic carbocycles. The Morgan fingerprint density at radius 3 is 1.25 bits per heavy atom. The first-order valence-corrected chi connectivity index (χ1v) is 40.4. The number of H-pyrrole nitrogens is 1. The second-order valence-electron chi connectivity index (χ2n) is 28.4. The molecule has 0 aliphatic heterocycles. The Labute approximate surface area is 705 Å². The Morgan fingerprint density at radius 2 is 0.828 bits per heavy atom. The minimum Gasteiger partial charge on any atom is -0.481 e. The number of imidazole rings is 1. The van der Waals surface area contributed by atoms with E-state index in [4.69, 9.17) is 34.1 Å². The lowest BCUT2D eigenvalue weighted by Crippen LogP contribution is -2.61. The molecule has 16 atom stereocenters. The number of hydrogen-bond donors (Lipinski definition) is 28. The Hall–Kier alpha value is -12.2. The number of nitrogens with zero attached hydrogens (tertiary/aromatic N) is 1. The summed E-state index contributed by atoms with van der Waals surface area (Å²) in [7, 11) is 0. The van der Waals surface area contributed by atoms with Gasteiger partial charge in [0.05, 0.1) is 31.5 Å². The topological polar surface area (TPSA) is 809 Å². The molecule has 15 amide bonds. The number of aromatic nitrogens is 2. The van der Waals surface area contributed by atoms with E-state index < -0.39 is 273 Å². The van der Waals surface area contributed by atoms with Crippen LogP contribution in [0, 0.1) is 5.41 Å². The lowest BCUT2D eigenvalue weighted by molar-refractivity contribution is -0.144. The number of guanidine groups is 1. The molecule has 2 rings (SSSR count). The van der Waals surface area contributed by atoms with E-state index in [1.54, 1.807) is 36.6 Å². The highest BCUT2D eigenvalue weighted by Gasteiger charge is 2.39. The molecule has 33 N–H and O–H groups in total. The van der Waals surface area contributed by atoms with Gasteiger partial charge in [-0.15, -0.1) is 0 Å². The average molecular weight is 1750 g/mol. The monoisotopic (exact) mass is 1750 g/mol. The zero-order valence-corrected chi connectivity index (χ0v) is 69.0. The maximum Gasteiger partial charge on any atom is 0.328 e. The highest BCUT2D eigenvalue weighted by molar-refractivity contribution is 7.98. The minimum absolute atomic E-state index is 0.103. The Balaban J connectivity index is 2.53. The van der Waals surface area contributed by atoms with Crippen LogP contribution in [0.25, 0.3) is 0 Å². The van der Waals surface area contributed by atoms with Crippen molar-refractivity contribution in [2.75, 3.05) is 38.2 Å². The van der Waals surface area contributed by atoms with Crippen LogP contribution in [-0.4, -0.2) is 294 Å². The van der Waals surface area contributed by atoms with E-state index >= 15 is 0 Å². The number of aliphatic hydroxyl groups is 2. The van der Waals surface area contributed by atoms with Gasteiger partial charge in [-0.05, 0) is 129 Å². The van der Waals surface area contributed by atoms with Crippen molar-refractivity contribution in [1.82, 2.24) is 89.7 Å². The zero-order chi connectivity index (χ0) is 91.9. The number of carboxylic acid groups (broad SMARTS) is 4. The number of rotatable bonds is 61. The molecule has 0 fully saturated rings. The van der Waals surface area contributed by atoms with Crippen molar-refractivity contribution in [2.24, 2.45) is 28.7 Å². The lowest BCUT2D eigenvalue weighted by Gasteiger charge is -2.28. The van der Waals surface area contributed by atoms with Crippen LogP contribution >= 0.6 is 11.8 Å². The number of thioether (sulfide) groups is 1. The van der Waals surface area contributed by atoms with Crippen molar-refractivity contribution < 1.29 is 122 Å². The van der Waals surface area contributed by atoms with Gasteiger partial charge < -0.3 is 144 Å². The molecule has 2 aromatic rings. The summed E-state index contributed by atoms with van der Waals surface area (Å²) < 4.78 is 0. The number of carbonyl (C=O) groups is 19. The summed E-state index contributed by atoms with van der Waals surface area (Å²) in [6, 6.07) is -16.8. The first kappa shape index (κ1) is 106. The van der Waals surface area contributed by atoms with Crippen molar-refractivity contribution in [2.45, 2.75) is 240 Å². The fourth-order valence-corrected chi connectivity index (χ4v) is 11.8. The number of hydrogen-bond acceptors (Lipinski definition) is 27.